The Hall–Kier alpha value is -1.88. The Morgan fingerprint density at radius 1 is 1.19 bits per heavy atom. The third-order valence-electron chi connectivity index (χ3n) is 3.31. The predicted molar refractivity (Wildman–Crippen MR) is 85.1 cm³/mol. The molecule has 1 heterocycles. The van der Waals surface area contributed by atoms with Gasteiger partial charge in [0.05, 0.1) is 16.3 Å². The van der Waals surface area contributed by atoms with Crippen LogP contribution in [0.4, 0.5) is 5.69 Å². The van der Waals surface area contributed by atoms with E-state index >= 15 is 0 Å². The summed E-state index contributed by atoms with van der Waals surface area (Å²) in [5.41, 5.74) is 2.83. The van der Waals surface area contributed by atoms with Gasteiger partial charge in [-0.1, -0.05) is 19.1 Å². The third-order valence-corrected chi connectivity index (χ3v) is 5.28. The molecule has 112 valence electrons. The molecule has 0 bridgehead atoms. The zero-order valence-electron chi connectivity index (χ0n) is 12.3. The molecule has 0 saturated heterocycles. The SMILES string of the molecule is CCCS(=O)(=O)c1ccccc1NCc1cnccc1C. The first-order chi connectivity index (χ1) is 10.0. The Kier molecular flexibility index (Phi) is 4.96. The minimum atomic E-state index is -3.23. The normalized spacial score (nSPS) is 11.3. The van der Waals surface area contributed by atoms with Crippen molar-refractivity contribution in [1.29, 1.82) is 0 Å². The maximum Gasteiger partial charge on any atom is 0.180 e. The van der Waals surface area contributed by atoms with Gasteiger partial charge in [0, 0.05) is 18.9 Å². The van der Waals surface area contributed by atoms with Crippen LogP contribution in [0, 0.1) is 6.92 Å². The van der Waals surface area contributed by atoms with Crippen LogP contribution < -0.4 is 5.32 Å². The highest BCUT2D eigenvalue weighted by Crippen LogP contribution is 2.23. The molecule has 0 amide bonds. The number of sulfone groups is 1. The van der Waals surface area contributed by atoms with Gasteiger partial charge >= 0.3 is 0 Å². The van der Waals surface area contributed by atoms with E-state index in [9.17, 15) is 8.42 Å². The molecule has 0 saturated carbocycles. The standard InChI is InChI=1S/C16H20N2O2S/c1-3-10-21(19,20)16-7-5-4-6-15(16)18-12-14-11-17-9-8-13(14)2/h4-9,11,18H,3,10,12H2,1-2H3. The molecule has 21 heavy (non-hydrogen) atoms. The first kappa shape index (κ1) is 15.5. The largest absolute Gasteiger partial charge is 0.380 e. The smallest absolute Gasteiger partial charge is 0.180 e. The molecular weight excluding hydrogens is 284 g/mol. The van der Waals surface area contributed by atoms with Gasteiger partial charge in [0.15, 0.2) is 9.84 Å². The van der Waals surface area contributed by atoms with Crippen molar-refractivity contribution in [3.8, 4) is 0 Å². The van der Waals surface area contributed by atoms with Crippen molar-refractivity contribution < 1.29 is 8.42 Å². The van der Waals surface area contributed by atoms with Crippen molar-refractivity contribution in [3.63, 3.8) is 0 Å². The molecule has 1 aromatic carbocycles. The molecule has 0 aliphatic heterocycles. The Labute approximate surface area is 126 Å². The maximum absolute atomic E-state index is 12.3. The molecule has 0 fully saturated rings. The van der Waals surface area contributed by atoms with Gasteiger partial charge in [0.2, 0.25) is 0 Å². The van der Waals surface area contributed by atoms with Gasteiger partial charge in [-0.15, -0.1) is 0 Å². The quantitative estimate of drug-likeness (QED) is 0.890. The summed E-state index contributed by atoms with van der Waals surface area (Å²) >= 11 is 0. The lowest BCUT2D eigenvalue weighted by Gasteiger charge is -2.13. The molecule has 5 heteroatoms. The van der Waals surface area contributed by atoms with E-state index in [2.05, 4.69) is 10.3 Å². The number of nitrogens with zero attached hydrogens (tertiary/aromatic N) is 1. The summed E-state index contributed by atoms with van der Waals surface area (Å²) in [6.45, 7) is 4.43. The second kappa shape index (κ2) is 6.72. The fraction of sp³-hybridized carbons (Fsp3) is 0.312. The molecule has 0 radical (unpaired) electrons. The molecule has 2 aromatic rings. The van der Waals surface area contributed by atoms with E-state index in [1.807, 2.05) is 26.0 Å². The summed E-state index contributed by atoms with van der Waals surface area (Å²) in [5, 5.41) is 3.22. The molecule has 0 atom stereocenters. The Morgan fingerprint density at radius 2 is 1.95 bits per heavy atom. The summed E-state index contributed by atoms with van der Waals surface area (Å²) in [6.07, 6.45) is 4.16. The van der Waals surface area contributed by atoms with E-state index in [0.29, 0.717) is 23.5 Å². The molecule has 1 N–H and O–H groups in total. The van der Waals surface area contributed by atoms with Crippen LogP contribution in [-0.4, -0.2) is 19.2 Å². The maximum atomic E-state index is 12.3. The van der Waals surface area contributed by atoms with Crippen LogP contribution in [0.15, 0.2) is 47.6 Å². The van der Waals surface area contributed by atoms with Crippen molar-refractivity contribution >= 4 is 15.5 Å². The lowest BCUT2D eigenvalue weighted by Crippen LogP contribution is -2.10. The molecule has 0 spiro atoms. The predicted octanol–water partition coefficient (Wildman–Crippen LogP) is 3.19. The Morgan fingerprint density at radius 3 is 2.67 bits per heavy atom. The fourth-order valence-electron chi connectivity index (χ4n) is 2.13. The van der Waals surface area contributed by atoms with Gasteiger partial charge in [-0.05, 0) is 42.7 Å². The van der Waals surface area contributed by atoms with Gasteiger partial charge < -0.3 is 5.32 Å². The van der Waals surface area contributed by atoms with E-state index < -0.39 is 9.84 Å². The fourth-order valence-corrected chi connectivity index (χ4v) is 3.65. The number of nitrogens with one attached hydrogen (secondary N) is 1. The number of aromatic nitrogens is 1. The van der Waals surface area contributed by atoms with Crippen molar-refractivity contribution in [2.24, 2.45) is 0 Å². The number of aryl methyl sites for hydroxylation is 1. The molecule has 2 rings (SSSR count). The van der Waals surface area contributed by atoms with E-state index in [1.54, 1.807) is 30.6 Å². The summed E-state index contributed by atoms with van der Waals surface area (Å²) in [5.74, 6) is 0.164. The summed E-state index contributed by atoms with van der Waals surface area (Å²) in [6, 6.07) is 8.99. The van der Waals surface area contributed by atoms with Gasteiger partial charge in [-0.2, -0.15) is 0 Å². The number of rotatable bonds is 6. The van der Waals surface area contributed by atoms with E-state index in [-0.39, 0.29) is 5.75 Å². The molecule has 0 aliphatic rings. The molecule has 1 aromatic heterocycles. The van der Waals surface area contributed by atoms with Crippen LogP contribution in [0.1, 0.15) is 24.5 Å². The number of anilines is 1. The number of pyridine rings is 1. The Balaban J connectivity index is 2.24. The average molecular weight is 304 g/mol. The lowest BCUT2D eigenvalue weighted by atomic mass is 10.1. The topological polar surface area (TPSA) is 59.1 Å². The average Bonchev–Trinajstić information content (AvgIpc) is 2.47. The zero-order chi connectivity index (χ0) is 15.3. The first-order valence-electron chi connectivity index (χ1n) is 6.99. The first-order valence-corrected chi connectivity index (χ1v) is 8.65. The highest BCUT2D eigenvalue weighted by Gasteiger charge is 2.17. The van der Waals surface area contributed by atoms with E-state index in [1.165, 1.54) is 0 Å². The number of para-hydroxylation sites is 1. The summed E-state index contributed by atoms with van der Waals surface area (Å²) < 4.78 is 24.6. The highest BCUT2D eigenvalue weighted by molar-refractivity contribution is 7.91. The Bertz CT molecular complexity index is 712. The molecule has 0 unspecified atom stereocenters. The number of benzene rings is 1. The third kappa shape index (κ3) is 3.82. The minimum absolute atomic E-state index is 0.164. The summed E-state index contributed by atoms with van der Waals surface area (Å²) in [7, 11) is -3.23. The van der Waals surface area contributed by atoms with Gasteiger partial charge in [-0.3, -0.25) is 4.98 Å². The molecule has 4 nitrogen and oxygen atoms in total. The van der Waals surface area contributed by atoms with Gasteiger partial charge in [0.25, 0.3) is 0 Å². The van der Waals surface area contributed by atoms with Crippen molar-refractivity contribution in [2.45, 2.75) is 31.7 Å². The lowest BCUT2D eigenvalue weighted by molar-refractivity contribution is 0.595. The highest BCUT2D eigenvalue weighted by atomic mass is 32.2. The van der Waals surface area contributed by atoms with Crippen molar-refractivity contribution in [1.82, 2.24) is 4.98 Å². The monoisotopic (exact) mass is 304 g/mol. The van der Waals surface area contributed by atoms with E-state index in [4.69, 9.17) is 0 Å². The van der Waals surface area contributed by atoms with Crippen LogP contribution in [0.3, 0.4) is 0 Å². The minimum Gasteiger partial charge on any atom is -0.380 e. The zero-order valence-corrected chi connectivity index (χ0v) is 13.2. The summed E-state index contributed by atoms with van der Waals surface area (Å²) in [4.78, 5) is 4.47. The number of hydrogen-bond acceptors (Lipinski definition) is 4. The van der Waals surface area contributed by atoms with Crippen LogP contribution in [0.5, 0.6) is 0 Å². The van der Waals surface area contributed by atoms with Crippen molar-refractivity contribution in [3.05, 3.63) is 53.9 Å². The molecule has 0 aliphatic carbocycles. The van der Waals surface area contributed by atoms with Crippen LogP contribution in [0.2, 0.25) is 0 Å². The van der Waals surface area contributed by atoms with Gasteiger partial charge in [0.1, 0.15) is 0 Å². The van der Waals surface area contributed by atoms with E-state index in [0.717, 1.165) is 11.1 Å². The van der Waals surface area contributed by atoms with Crippen LogP contribution >= 0.6 is 0 Å². The van der Waals surface area contributed by atoms with Crippen LogP contribution in [0.25, 0.3) is 0 Å². The van der Waals surface area contributed by atoms with Gasteiger partial charge in [-0.25, -0.2) is 8.42 Å². The number of hydrogen-bond donors (Lipinski definition) is 1. The van der Waals surface area contributed by atoms with Crippen LogP contribution in [-0.2, 0) is 16.4 Å². The molecular formula is C16H20N2O2S. The second-order valence-corrected chi connectivity index (χ2v) is 7.05. The van der Waals surface area contributed by atoms with Crippen molar-refractivity contribution in [2.75, 3.05) is 11.1 Å². The second-order valence-electron chi connectivity index (χ2n) is 4.97.